The molecule has 0 aliphatic carbocycles. The lowest BCUT2D eigenvalue weighted by molar-refractivity contribution is 0.0177. The molecule has 2 aromatic rings. The van der Waals surface area contributed by atoms with E-state index in [0.717, 1.165) is 0 Å². The summed E-state index contributed by atoms with van der Waals surface area (Å²) < 4.78 is 33.4. The number of nitrogens with zero attached hydrogens (tertiary/aromatic N) is 1. The topological polar surface area (TPSA) is 98.9 Å². The second-order valence-electron chi connectivity index (χ2n) is 5.70. The third-order valence-electron chi connectivity index (χ3n) is 3.91. The molecule has 0 spiro atoms. The molecule has 0 bridgehead atoms. The molecule has 0 aromatic heterocycles. The van der Waals surface area contributed by atoms with Crippen LogP contribution < -0.4 is 14.6 Å². The van der Waals surface area contributed by atoms with Crippen molar-refractivity contribution < 1.29 is 22.7 Å². The molecule has 1 saturated heterocycles. The zero-order valence-electron chi connectivity index (χ0n) is 13.6. The first-order valence-electron chi connectivity index (χ1n) is 7.59. The second kappa shape index (κ2) is 6.73. The Kier molecular flexibility index (Phi) is 4.65. The zero-order chi connectivity index (χ0) is 18.0. The minimum Gasteiger partial charge on any atom is -0.497 e. The van der Waals surface area contributed by atoms with Gasteiger partial charge in [-0.2, -0.15) is 0 Å². The Labute approximate surface area is 146 Å². The Morgan fingerprint density at radius 2 is 1.76 bits per heavy atom. The van der Waals surface area contributed by atoms with Crippen molar-refractivity contribution in [2.45, 2.75) is 11.0 Å². The van der Waals surface area contributed by atoms with Crippen LogP contribution in [0.5, 0.6) is 11.5 Å². The van der Waals surface area contributed by atoms with E-state index in [4.69, 9.17) is 14.6 Å². The van der Waals surface area contributed by atoms with E-state index in [9.17, 15) is 13.2 Å². The fourth-order valence-electron chi connectivity index (χ4n) is 2.52. The smallest absolute Gasteiger partial charge is 0.254 e. The minimum atomic E-state index is -3.76. The van der Waals surface area contributed by atoms with E-state index in [1.807, 2.05) is 18.2 Å². The standard InChI is InChI=1S/C17H18N2O5S/c1-23-13-3-2-4-14(9-13)24-15-10-19(11-15)17(20)12-5-7-16(8-6-12)25(18,21)22/h2-9,15H,10-11H2,1H3,(H2,18,21,22). The van der Waals surface area contributed by atoms with Crippen molar-refractivity contribution in [1.82, 2.24) is 4.90 Å². The number of methoxy groups -OCH3 is 1. The number of rotatable bonds is 5. The summed E-state index contributed by atoms with van der Waals surface area (Å²) in [5.41, 5.74) is 0.409. The molecule has 1 amide bonds. The number of nitrogens with two attached hydrogens (primary N) is 1. The van der Waals surface area contributed by atoms with Crippen LogP contribution in [0, 0.1) is 0 Å². The van der Waals surface area contributed by atoms with Crippen molar-refractivity contribution in [3.63, 3.8) is 0 Å². The molecule has 0 unspecified atom stereocenters. The highest BCUT2D eigenvalue weighted by Gasteiger charge is 2.33. The van der Waals surface area contributed by atoms with Gasteiger partial charge in [0, 0.05) is 11.6 Å². The van der Waals surface area contributed by atoms with Crippen LogP contribution in [-0.2, 0) is 10.0 Å². The Hall–Kier alpha value is -2.58. The molecule has 1 fully saturated rings. The maximum Gasteiger partial charge on any atom is 0.254 e. The van der Waals surface area contributed by atoms with Crippen molar-refractivity contribution in [2.75, 3.05) is 20.2 Å². The lowest BCUT2D eigenvalue weighted by Crippen LogP contribution is -2.56. The zero-order valence-corrected chi connectivity index (χ0v) is 14.4. The number of likely N-dealkylation sites (tertiary alicyclic amines) is 1. The predicted octanol–water partition coefficient (Wildman–Crippen LogP) is 1.25. The van der Waals surface area contributed by atoms with Gasteiger partial charge in [-0.05, 0) is 36.4 Å². The van der Waals surface area contributed by atoms with Gasteiger partial charge in [-0.1, -0.05) is 6.07 Å². The first kappa shape index (κ1) is 17.2. The summed E-state index contributed by atoms with van der Waals surface area (Å²) in [5.74, 6) is 1.22. The predicted molar refractivity (Wildman–Crippen MR) is 91.1 cm³/mol. The van der Waals surface area contributed by atoms with Gasteiger partial charge in [0.05, 0.1) is 25.1 Å². The number of sulfonamides is 1. The number of amides is 1. The normalized spacial score (nSPS) is 14.7. The first-order valence-corrected chi connectivity index (χ1v) is 9.14. The van der Waals surface area contributed by atoms with Crippen LogP contribution in [0.2, 0.25) is 0 Å². The molecule has 7 nitrogen and oxygen atoms in total. The minimum absolute atomic E-state index is 0.0214. The molecular weight excluding hydrogens is 344 g/mol. The number of hydrogen-bond acceptors (Lipinski definition) is 5. The van der Waals surface area contributed by atoms with Crippen LogP contribution in [0.25, 0.3) is 0 Å². The van der Waals surface area contributed by atoms with E-state index in [2.05, 4.69) is 0 Å². The Balaban J connectivity index is 1.57. The first-order chi connectivity index (χ1) is 11.9. The van der Waals surface area contributed by atoms with E-state index in [-0.39, 0.29) is 16.9 Å². The van der Waals surface area contributed by atoms with E-state index in [0.29, 0.717) is 30.2 Å². The molecule has 1 aliphatic rings. The largest absolute Gasteiger partial charge is 0.497 e. The van der Waals surface area contributed by atoms with Crippen LogP contribution in [-0.4, -0.2) is 45.5 Å². The molecule has 0 atom stereocenters. The molecule has 1 heterocycles. The Morgan fingerprint density at radius 3 is 2.36 bits per heavy atom. The van der Waals surface area contributed by atoms with Crippen molar-refractivity contribution in [2.24, 2.45) is 5.14 Å². The number of carbonyl (C=O) groups is 1. The van der Waals surface area contributed by atoms with Gasteiger partial charge in [-0.15, -0.1) is 0 Å². The fraction of sp³-hybridized carbons (Fsp3) is 0.235. The summed E-state index contributed by atoms with van der Waals surface area (Å²) in [4.78, 5) is 14.0. The molecular formula is C17H18N2O5S. The summed E-state index contributed by atoms with van der Waals surface area (Å²) in [6.45, 7) is 0.931. The average molecular weight is 362 g/mol. The van der Waals surface area contributed by atoms with Gasteiger partial charge in [0.25, 0.3) is 5.91 Å². The summed E-state index contributed by atoms with van der Waals surface area (Å²) in [7, 11) is -2.17. The molecule has 2 aromatic carbocycles. The summed E-state index contributed by atoms with van der Waals surface area (Å²) in [6.07, 6.45) is -0.0836. The summed E-state index contributed by atoms with van der Waals surface area (Å²) >= 11 is 0. The Morgan fingerprint density at radius 1 is 1.12 bits per heavy atom. The van der Waals surface area contributed by atoms with Gasteiger partial charge in [0.2, 0.25) is 10.0 Å². The van der Waals surface area contributed by atoms with Gasteiger partial charge in [0.15, 0.2) is 0 Å². The molecule has 8 heteroatoms. The van der Waals surface area contributed by atoms with E-state index in [1.54, 1.807) is 18.1 Å². The van der Waals surface area contributed by atoms with E-state index < -0.39 is 10.0 Å². The summed E-state index contributed by atoms with van der Waals surface area (Å²) in [6, 6.07) is 12.8. The molecule has 2 N–H and O–H groups in total. The monoisotopic (exact) mass is 362 g/mol. The fourth-order valence-corrected chi connectivity index (χ4v) is 3.03. The van der Waals surface area contributed by atoms with E-state index in [1.165, 1.54) is 24.3 Å². The molecule has 132 valence electrons. The quantitative estimate of drug-likeness (QED) is 0.863. The number of benzene rings is 2. The lowest BCUT2D eigenvalue weighted by Gasteiger charge is -2.39. The molecule has 0 saturated carbocycles. The molecule has 1 aliphatic heterocycles. The van der Waals surface area contributed by atoms with Crippen LogP contribution in [0.3, 0.4) is 0 Å². The third-order valence-corrected chi connectivity index (χ3v) is 4.84. The summed E-state index contributed by atoms with van der Waals surface area (Å²) in [5, 5.41) is 5.04. The molecule has 3 rings (SSSR count). The van der Waals surface area contributed by atoms with Crippen LogP contribution >= 0.6 is 0 Å². The highest BCUT2D eigenvalue weighted by molar-refractivity contribution is 7.89. The Bertz CT molecular complexity index is 874. The van der Waals surface area contributed by atoms with Crippen molar-refractivity contribution in [3.05, 3.63) is 54.1 Å². The maximum absolute atomic E-state index is 12.4. The van der Waals surface area contributed by atoms with Gasteiger partial charge in [-0.3, -0.25) is 4.79 Å². The number of ether oxygens (including phenoxy) is 2. The van der Waals surface area contributed by atoms with Gasteiger partial charge in [0.1, 0.15) is 17.6 Å². The third kappa shape index (κ3) is 3.92. The number of carbonyl (C=O) groups excluding carboxylic acids is 1. The molecule has 25 heavy (non-hydrogen) atoms. The van der Waals surface area contributed by atoms with Crippen molar-refractivity contribution in [3.8, 4) is 11.5 Å². The van der Waals surface area contributed by atoms with Crippen molar-refractivity contribution >= 4 is 15.9 Å². The van der Waals surface area contributed by atoms with Crippen LogP contribution in [0.1, 0.15) is 10.4 Å². The SMILES string of the molecule is COc1cccc(OC2CN(C(=O)c3ccc(S(N)(=O)=O)cc3)C2)c1. The van der Waals surface area contributed by atoms with Gasteiger partial charge >= 0.3 is 0 Å². The lowest BCUT2D eigenvalue weighted by atomic mass is 10.1. The van der Waals surface area contributed by atoms with E-state index >= 15 is 0 Å². The van der Waals surface area contributed by atoms with Crippen LogP contribution in [0.4, 0.5) is 0 Å². The van der Waals surface area contributed by atoms with Gasteiger partial charge in [-0.25, -0.2) is 13.6 Å². The second-order valence-corrected chi connectivity index (χ2v) is 7.26. The number of primary sulfonamides is 1. The highest BCUT2D eigenvalue weighted by Crippen LogP contribution is 2.23. The molecule has 0 radical (unpaired) electrons. The van der Waals surface area contributed by atoms with Crippen molar-refractivity contribution in [1.29, 1.82) is 0 Å². The van der Waals surface area contributed by atoms with Gasteiger partial charge < -0.3 is 14.4 Å². The maximum atomic E-state index is 12.4. The van der Waals surface area contributed by atoms with Crippen LogP contribution in [0.15, 0.2) is 53.4 Å². The average Bonchev–Trinajstić information content (AvgIpc) is 2.56. The number of hydrogen-bond donors (Lipinski definition) is 1. The highest BCUT2D eigenvalue weighted by atomic mass is 32.2.